The highest BCUT2D eigenvalue weighted by molar-refractivity contribution is 5.83. The normalized spacial score (nSPS) is 18.8. The predicted molar refractivity (Wildman–Crippen MR) is 129 cm³/mol. The molecular weight excluding hydrogens is 438 g/mol. The number of piperazine rings is 1. The number of aryl methyl sites for hydroxylation is 1. The summed E-state index contributed by atoms with van der Waals surface area (Å²) < 4.78 is 11.3. The van der Waals surface area contributed by atoms with Gasteiger partial charge in [0.05, 0.1) is 0 Å². The number of aliphatic carboxylic acids is 1. The molecule has 1 aromatic carbocycles. The minimum Gasteiger partial charge on any atom is -0.481 e. The molecule has 0 saturated carbocycles. The van der Waals surface area contributed by atoms with Crippen molar-refractivity contribution < 1.29 is 23.8 Å². The number of carboxylic acid groups (broad SMARTS) is 1. The van der Waals surface area contributed by atoms with E-state index in [1.807, 2.05) is 24.0 Å². The smallest absolute Gasteiger partial charge is 0.336 e. The molecule has 1 atom stereocenters. The molecular formula is C25H35N3O6. The van der Waals surface area contributed by atoms with Crippen molar-refractivity contribution in [2.24, 2.45) is 0 Å². The molecule has 2 saturated heterocycles. The number of fused-ring (bicyclic) bond motifs is 1. The fourth-order valence-electron chi connectivity index (χ4n) is 4.77. The topological polar surface area (TPSA) is 112 Å². The number of ether oxygens (including phenoxy) is 1. The summed E-state index contributed by atoms with van der Waals surface area (Å²) in [5.74, 6) is -0.296. The lowest BCUT2D eigenvalue weighted by atomic mass is 9.84. The molecule has 0 aliphatic carbocycles. The van der Waals surface area contributed by atoms with E-state index >= 15 is 0 Å². The van der Waals surface area contributed by atoms with Crippen LogP contribution in [0.4, 0.5) is 0 Å². The number of benzene rings is 1. The first-order valence-electron chi connectivity index (χ1n) is 11.8. The van der Waals surface area contributed by atoms with Crippen molar-refractivity contribution in [3.8, 4) is 5.75 Å². The fourth-order valence-corrected chi connectivity index (χ4v) is 4.77. The van der Waals surface area contributed by atoms with E-state index < -0.39 is 12.1 Å². The standard InChI is InChI=1S/C23H31N3O4.C2H4O2/c1-4-17-13-21(27)30-20-14-18(5-6-19(17)20)29-16(2)22(28)26-12-11-25(3)23(15-26)7-9-24-10-8-23;1-2(3)4/h5-6,13-14,16,24H,4,7-12,15H2,1-3H3;1H3,(H,3,4). The molecule has 0 bridgehead atoms. The fraction of sp³-hybridized carbons (Fsp3) is 0.560. The number of carboxylic acids is 1. The van der Waals surface area contributed by atoms with E-state index in [4.69, 9.17) is 19.1 Å². The summed E-state index contributed by atoms with van der Waals surface area (Å²) in [7, 11) is 2.17. The second kappa shape index (κ2) is 11.0. The lowest BCUT2D eigenvalue weighted by molar-refractivity contribution is -0.144. The average molecular weight is 474 g/mol. The van der Waals surface area contributed by atoms with E-state index in [2.05, 4.69) is 17.3 Å². The minimum absolute atomic E-state index is 0.00451. The van der Waals surface area contributed by atoms with Crippen LogP contribution in [0.3, 0.4) is 0 Å². The van der Waals surface area contributed by atoms with E-state index in [-0.39, 0.29) is 17.1 Å². The van der Waals surface area contributed by atoms with Gasteiger partial charge in [0.15, 0.2) is 6.10 Å². The number of carbonyl (C=O) groups is 2. The van der Waals surface area contributed by atoms with Gasteiger partial charge in [0.2, 0.25) is 0 Å². The molecule has 3 heterocycles. The molecule has 2 fully saturated rings. The Bertz CT molecular complexity index is 1070. The van der Waals surface area contributed by atoms with Gasteiger partial charge in [-0.25, -0.2) is 4.79 Å². The maximum Gasteiger partial charge on any atom is 0.336 e. The molecule has 2 N–H and O–H groups in total. The summed E-state index contributed by atoms with van der Waals surface area (Å²) in [6, 6.07) is 6.96. The predicted octanol–water partition coefficient (Wildman–Crippen LogP) is 2.11. The van der Waals surface area contributed by atoms with Gasteiger partial charge in [-0.3, -0.25) is 14.5 Å². The number of piperidine rings is 1. The molecule has 9 heteroatoms. The van der Waals surface area contributed by atoms with Crippen LogP contribution in [0.15, 0.2) is 33.5 Å². The first-order chi connectivity index (χ1) is 16.1. The summed E-state index contributed by atoms with van der Waals surface area (Å²) >= 11 is 0. The molecule has 2 aliphatic heterocycles. The zero-order valence-corrected chi connectivity index (χ0v) is 20.4. The van der Waals surface area contributed by atoms with Crippen LogP contribution >= 0.6 is 0 Å². The summed E-state index contributed by atoms with van der Waals surface area (Å²) in [6.45, 7) is 9.18. The highest BCUT2D eigenvalue weighted by Gasteiger charge is 2.42. The van der Waals surface area contributed by atoms with Crippen LogP contribution < -0.4 is 15.7 Å². The number of nitrogens with one attached hydrogen (secondary N) is 1. The molecule has 1 spiro atoms. The lowest BCUT2D eigenvalue weighted by Crippen LogP contribution is -2.65. The van der Waals surface area contributed by atoms with Crippen molar-refractivity contribution in [3.63, 3.8) is 0 Å². The highest BCUT2D eigenvalue weighted by atomic mass is 16.5. The molecule has 2 aliphatic rings. The van der Waals surface area contributed by atoms with E-state index in [0.29, 0.717) is 17.9 Å². The first-order valence-corrected chi connectivity index (χ1v) is 11.8. The second-order valence-corrected chi connectivity index (χ2v) is 9.04. The molecule has 2 aromatic rings. The van der Waals surface area contributed by atoms with Gasteiger partial charge in [0, 0.05) is 49.6 Å². The third kappa shape index (κ3) is 5.95. The summed E-state index contributed by atoms with van der Waals surface area (Å²) in [6.07, 6.45) is 2.24. The summed E-state index contributed by atoms with van der Waals surface area (Å²) in [5.41, 5.74) is 1.12. The van der Waals surface area contributed by atoms with Crippen LogP contribution in [0.5, 0.6) is 5.75 Å². The van der Waals surface area contributed by atoms with Gasteiger partial charge in [-0.2, -0.15) is 0 Å². The van der Waals surface area contributed by atoms with Gasteiger partial charge < -0.3 is 24.5 Å². The van der Waals surface area contributed by atoms with Crippen LogP contribution in [-0.4, -0.2) is 78.2 Å². The Morgan fingerprint density at radius 3 is 2.56 bits per heavy atom. The number of rotatable bonds is 4. The van der Waals surface area contributed by atoms with Gasteiger partial charge in [0.1, 0.15) is 11.3 Å². The van der Waals surface area contributed by atoms with E-state index in [1.54, 1.807) is 13.0 Å². The maximum absolute atomic E-state index is 13.1. The van der Waals surface area contributed by atoms with Crippen LogP contribution in [0.25, 0.3) is 11.0 Å². The maximum atomic E-state index is 13.1. The van der Waals surface area contributed by atoms with Crippen molar-refractivity contribution in [2.45, 2.75) is 51.7 Å². The number of likely N-dealkylation sites (N-methyl/N-ethyl adjacent to an activating group) is 1. The Kier molecular flexibility index (Phi) is 8.33. The monoisotopic (exact) mass is 473 g/mol. The quantitative estimate of drug-likeness (QED) is 0.650. The van der Waals surface area contributed by atoms with Crippen molar-refractivity contribution in [3.05, 3.63) is 40.2 Å². The highest BCUT2D eigenvalue weighted by Crippen LogP contribution is 2.30. The van der Waals surface area contributed by atoms with Gasteiger partial charge in [0.25, 0.3) is 11.9 Å². The summed E-state index contributed by atoms with van der Waals surface area (Å²) in [4.78, 5) is 38.3. The molecule has 4 rings (SSSR count). The molecule has 1 unspecified atom stereocenters. The third-order valence-corrected chi connectivity index (χ3v) is 6.69. The average Bonchev–Trinajstić information content (AvgIpc) is 2.80. The van der Waals surface area contributed by atoms with Gasteiger partial charge in [-0.05, 0) is 64.0 Å². The third-order valence-electron chi connectivity index (χ3n) is 6.69. The van der Waals surface area contributed by atoms with Gasteiger partial charge >= 0.3 is 5.63 Å². The van der Waals surface area contributed by atoms with Crippen molar-refractivity contribution in [1.82, 2.24) is 15.1 Å². The van der Waals surface area contributed by atoms with E-state index in [1.165, 1.54) is 6.07 Å². The largest absolute Gasteiger partial charge is 0.481 e. The number of hydrogen-bond acceptors (Lipinski definition) is 7. The molecule has 186 valence electrons. The van der Waals surface area contributed by atoms with E-state index in [0.717, 1.165) is 63.3 Å². The molecule has 1 aromatic heterocycles. The first kappa shape index (κ1) is 25.7. The lowest BCUT2D eigenvalue weighted by Gasteiger charge is -2.51. The Morgan fingerprint density at radius 2 is 1.91 bits per heavy atom. The van der Waals surface area contributed by atoms with Crippen LogP contribution in [0.1, 0.15) is 39.2 Å². The van der Waals surface area contributed by atoms with E-state index in [9.17, 15) is 9.59 Å². The molecule has 9 nitrogen and oxygen atoms in total. The second-order valence-electron chi connectivity index (χ2n) is 9.04. The zero-order chi connectivity index (χ0) is 24.9. The summed E-state index contributed by atoms with van der Waals surface area (Å²) in [5, 5.41) is 11.7. The van der Waals surface area contributed by atoms with Gasteiger partial charge in [-0.1, -0.05) is 6.92 Å². The molecule has 0 radical (unpaired) electrons. The van der Waals surface area contributed by atoms with Crippen LogP contribution in [0, 0.1) is 0 Å². The van der Waals surface area contributed by atoms with Crippen molar-refractivity contribution in [1.29, 1.82) is 0 Å². The zero-order valence-electron chi connectivity index (χ0n) is 20.4. The molecule has 1 amide bonds. The SMILES string of the molecule is CC(=O)O.CCc1cc(=O)oc2cc(OC(C)C(=O)N3CCN(C)C4(CCNCC4)C3)ccc12. The Morgan fingerprint density at radius 1 is 1.24 bits per heavy atom. The molecule has 34 heavy (non-hydrogen) atoms. The van der Waals surface area contributed by atoms with Crippen molar-refractivity contribution >= 4 is 22.8 Å². The Balaban J connectivity index is 0.000000751. The Hall–Kier alpha value is -2.91. The number of nitrogens with zero attached hydrogens (tertiary/aromatic N) is 2. The van der Waals surface area contributed by atoms with Crippen LogP contribution in [-0.2, 0) is 16.0 Å². The number of hydrogen-bond donors (Lipinski definition) is 2. The number of carbonyl (C=O) groups excluding carboxylic acids is 1. The van der Waals surface area contributed by atoms with Gasteiger partial charge in [-0.15, -0.1) is 0 Å². The van der Waals surface area contributed by atoms with Crippen molar-refractivity contribution in [2.75, 3.05) is 39.8 Å². The van der Waals surface area contributed by atoms with Crippen LogP contribution in [0.2, 0.25) is 0 Å². The minimum atomic E-state index is -0.833. The Labute approximate surface area is 199 Å². The number of amides is 1.